The zero-order valence-electron chi connectivity index (χ0n) is 11.9. The fourth-order valence-corrected chi connectivity index (χ4v) is 1.05. The summed E-state index contributed by atoms with van der Waals surface area (Å²) in [6.07, 6.45) is -1.24. The molecule has 0 unspecified atom stereocenters. The number of quaternary nitrogens is 1. The third-order valence-corrected chi connectivity index (χ3v) is 2.24. The lowest BCUT2D eigenvalue weighted by Gasteiger charge is -2.22. The number of hydrogen-bond donors (Lipinski definition) is 1. The Morgan fingerprint density at radius 2 is 1.81 bits per heavy atom. The van der Waals surface area contributed by atoms with Crippen LogP contribution >= 0.6 is 0 Å². The van der Waals surface area contributed by atoms with Crippen LogP contribution in [0.4, 0.5) is 8.28 Å². The van der Waals surface area contributed by atoms with E-state index >= 15 is 0 Å². The standard InChI is InChI=1S/C6H16NO.C2HF2N3O2S.O2S/c1-7(2,3)5-6-8-4;3-1-5-2(7-6-1)10(4,8)9;1-3-2/h5-6H2,1-4H3;(H,5,6,7);/q+1;;. The Bertz CT molecular complexity index is 537. The second-order valence-electron chi connectivity index (χ2n) is 4.42. The van der Waals surface area contributed by atoms with E-state index in [9.17, 15) is 16.7 Å². The highest BCUT2D eigenvalue weighted by atomic mass is 32.3. The zero-order valence-corrected chi connectivity index (χ0v) is 13.5. The van der Waals surface area contributed by atoms with Crippen molar-refractivity contribution in [2.24, 2.45) is 0 Å². The average Bonchev–Trinajstić information content (AvgIpc) is 2.74. The van der Waals surface area contributed by atoms with Gasteiger partial charge < -0.3 is 9.22 Å². The van der Waals surface area contributed by atoms with E-state index in [0.29, 0.717) is 0 Å². The van der Waals surface area contributed by atoms with Gasteiger partial charge >= 0.3 is 33.0 Å². The van der Waals surface area contributed by atoms with Gasteiger partial charge in [-0.3, -0.25) is 0 Å². The van der Waals surface area contributed by atoms with Crippen LogP contribution in [0.3, 0.4) is 0 Å². The van der Waals surface area contributed by atoms with Gasteiger partial charge in [0.2, 0.25) is 0 Å². The summed E-state index contributed by atoms with van der Waals surface area (Å²) < 4.78 is 65.8. The first-order valence-corrected chi connectivity index (χ1v) is 7.26. The third-order valence-electron chi connectivity index (χ3n) is 1.62. The van der Waals surface area contributed by atoms with Gasteiger partial charge in [0.05, 0.1) is 27.7 Å². The maximum atomic E-state index is 11.8. The lowest BCUT2D eigenvalue weighted by atomic mass is 10.5. The van der Waals surface area contributed by atoms with E-state index in [2.05, 4.69) is 31.2 Å². The van der Waals surface area contributed by atoms with Gasteiger partial charge in [-0.1, -0.05) is 3.89 Å². The minimum atomic E-state index is -4.98. The number of hydrogen-bond acceptors (Lipinski definition) is 7. The van der Waals surface area contributed by atoms with Gasteiger partial charge in [0, 0.05) is 7.11 Å². The molecule has 21 heavy (non-hydrogen) atoms. The van der Waals surface area contributed by atoms with Crippen molar-refractivity contribution in [3.8, 4) is 0 Å². The SMILES string of the molecule is COCC[N+](C)(C)C.O=S(=O)(F)c1n[nH]c(F)n1.O=S=O. The number of aromatic nitrogens is 3. The molecule has 1 rings (SSSR count). The van der Waals surface area contributed by atoms with Gasteiger partial charge in [0.25, 0.3) is 0 Å². The molecule has 0 aliphatic rings. The molecule has 124 valence electrons. The molecule has 0 aromatic carbocycles. The molecular formula is C8H17F2N4O5S2+. The van der Waals surface area contributed by atoms with Crippen LogP contribution < -0.4 is 0 Å². The Kier molecular flexibility index (Phi) is 10.9. The molecule has 0 saturated carbocycles. The highest BCUT2D eigenvalue weighted by Crippen LogP contribution is 2.03. The van der Waals surface area contributed by atoms with Crippen molar-refractivity contribution in [3.05, 3.63) is 6.08 Å². The molecule has 13 heteroatoms. The number of nitrogens with one attached hydrogen (secondary N) is 1. The fourth-order valence-electron chi connectivity index (χ4n) is 0.702. The Hall–Kier alpha value is -1.31. The summed E-state index contributed by atoms with van der Waals surface area (Å²) in [5, 5.41) is 3.05. The summed E-state index contributed by atoms with van der Waals surface area (Å²) in [6.45, 7) is 1.93. The molecular weight excluding hydrogens is 334 g/mol. The van der Waals surface area contributed by atoms with E-state index < -0.39 is 33.0 Å². The molecule has 1 heterocycles. The van der Waals surface area contributed by atoms with Crippen LogP contribution in [0.15, 0.2) is 5.16 Å². The molecule has 0 fully saturated rings. The average molecular weight is 351 g/mol. The number of ether oxygens (including phenoxy) is 1. The van der Waals surface area contributed by atoms with Gasteiger partial charge in [-0.05, 0) is 0 Å². The molecule has 0 amide bonds. The Morgan fingerprint density at radius 3 is 1.95 bits per heavy atom. The monoisotopic (exact) mass is 351 g/mol. The molecule has 0 saturated heterocycles. The van der Waals surface area contributed by atoms with Crippen LogP contribution in [-0.4, -0.2) is 77.9 Å². The summed E-state index contributed by atoms with van der Waals surface area (Å²) in [6, 6.07) is 0. The summed E-state index contributed by atoms with van der Waals surface area (Å²) in [5.41, 5.74) is 0. The van der Waals surface area contributed by atoms with Gasteiger partial charge in [0.15, 0.2) is 0 Å². The highest BCUT2D eigenvalue weighted by Gasteiger charge is 2.18. The van der Waals surface area contributed by atoms with E-state index in [4.69, 9.17) is 13.2 Å². The molecule has 1 N–H and O–H groups in total. The first-order valence-electron chi connectivity index (χ1n) is 5.21. The van der Waals surface area contributed by atoms with Crippen LogP contribution in [0.5, 0.6) is 0 Å². The van der Waals surface area contributed by atoms with Crippen molar-refractivity contribution < 1.29 is 34.3 Å². The van der Waals surface area contributed by atoms with Crippen LogP contribution in [-0.2, 0) is 26.5 Å². The Labute approximate surface area is 124 Å². The van der Waals surface area contributed by atoms with Gasteiger partial charge in [0.1, 0.15) is 6.54 Å². The van der Waals surface area contributed by atoms with Crippen molar-refractivity contribution in [3.63, 3.8) is 0 Å². The number of methoxy groups -OCH3 is 1. The number of likely N-dealkylation sites (N-methyl/N-ethyl adjacent to an activating group) is 1. The van der Waals surface area contributed by atoms with Gasteiger partial charge in [-0.2, -0.15) is 26.2 Å². The quantitative estimate of drug-likeness (QED) is 0.561. The summed E-state index contributed by atoms with van der Waals surface area (Å²) >= 11 is -0.750. The van der Waals surface area contributed by atoms with Crippen LogP contribution in [0.1, 0.15) is 0 Å². The lowest BCUT2D eigenvalue weighted by molar-refractivity contribution is -0.870. The van der Waals surface area contributed by atoms with Crippen molar-refractivity contribution in [1.29, 1.82) is 0 Å². The van der Waals surface area contributed by atoms with Crippen LogP contribution in [0.25, 0.3) is 0 Å². The second kappa shape index (κ2) is 10.4. The summed E-state index contributed by atoms with van der Waals surface area (Å²) in [4.78, 5) is 2.59. The third kappa shape index (κ3) is 14.9. The molecule has 1 aromatic heterocycles. The first kappa shape index (κ1) is 22.0. The summed E-state index contributed by atoms with van der Waals surface area (Å²) in [7, 11) is 3.21. The number of halogens is 2. The first-order chi connectivity index (χ1) is 9.47. The second-order valence-corrected chi connectivity index (χ2v) is 5.80. The zero-order chi connectivity index (χ0) is 17.1. The smallest absolute Gasteiger partial charge is 0.370 e. The number of aromatic amines is 1. The van der Waals surface area contributed by atoms with Gasteiger partial charge in [-0.15, -0.1) is 5.10 Å². The Morgan fingerprint density at radius 1 is 1.33 bits per heavy atom. The van der Waals surface area contributed by atoms with E-state index in [-0.39, 0.29) is 0 Å². The van der Waals surface area contributed by atoms with Gasteiger partial charge in [-0.25, -0.2) is 5.10 Å². The highest BCUT2D eigenvalue weighted by molar-refractivity contribution is 7.86. The van der Waals surface area contributed by atoms with E-state index in [0.717, 1.165) is 17.6 Å². The molecule has 1 aromatic rings. The fraction of sp³-hybridized carbons (Fsp3) is 0.750. The largest absolute Gasteiger partial charge is 0.379 e. The summed E-state index contributed by atoms with van der Waals surface area (Å²) in [5.74, 6) is 0. The van der Waals surface area contributed by atoms with Crippen LogP contribution in [0, 0.1) is 6.08 Å². The maximum absolute atomic E-state index is 11.8. The molecule has 0 aliphatic heterocycles. The van der Waals surface area contributed by atoms with E-state index in [1.54, 1.807) is 7.11 Å². The predicted octanol–water partition coefficient (Wildman–Crippen LogP) is -0.729. The number of nitrogens with zero attached hydrogens (tertiary/aromatic N) is 3. The normalized spacial score (nSPS) is 10.8. The van der Waals surface area contributed by atoms with E-state index in [1.165, 1.54) is 5.10 Å². The minimum Gasteiger partial charge on any atom is -0.379 e. The number of H-pyrrole nitrogens is 1. The lowest BCUT2D eigenvalue weighted by Crippen LogP contribution is -2.37. The van der Waals surface area contributed by atoms with Crippen molar-refractivity contribution >= 4 is 21.8 Å². The minimum absolute atomic E-state index is 0.750. The Balaban J connectivity index is 0. The maximum Gasteiger partial charge on any atom is 0.370 e. The molecule has 0 atom stereocenters. The van der Waals surface area contributed by atoms with Crippen molar-refractivity contribution in [1.82, 2.24) is 15.2 Å². The molecule has 0 aliphatic carbocycles. The van der Waals surface area contributed by atoms with Crippen molar-refractivity contribution in [2.45, 2.75) is 5.16 Å². The molecule has 9 nitrogen and oxygen atoms in total. The predicted molar refractivity (Wildman–Crippen MR) is 68.3 cm³/mol. The molecule has 0 bridgehead atoms. The van der Waals surface area contributed by atoms with Crippen LogP contribution in [0.2, 0.25) is 0 Å². The van der Waals surface area contributed by atoms with E-state index in [1.807, 2.05) is 0 Å². The molecule has 0 spiro atoms. The molecule has 0 radical (unpaired) electrons. The number of rotatable bonds is 4. The van der Waals surface area contributed by atoms with Crippen molar-refractivity contribution in [2.75, 3.05) is 41.4 Å². The topological polar surface area (TPSA) is 119 Å².